The highest BCUT2D eigenvalue weighted by atomic mass is 35.5. The summed E-state index contributed by atoms with van der Waals surface area (Å²) in [6, 6.07) is 6.53. The molecule has 0 aliphatic carbocycles. The molecule has 5 heteroatoms. The lowest BCUT2D eigenvalue weighted by Gasteiger charge is -2.19. The van der Waals surface area contributed by atoms with Gasteiger partial charge < -0.3 is 10.2 Å². The summed E-state index contributed by atoms with van der Waals surface area (Å²) in [5.41, 5.74) is 1.09. The number of rotatable bonds is 3. The Labute approximate surface area is 106 Å². The summed E-state index contributed by atoms with van der Waals surface area (Å²) in [7, 11) is 3.38. The van der Waals surface area contributed by atoms with Gasteiger partial charge in [0.25, 0.3) is 0 Å². The molecule has 1 rings (SSSR count). The van der Waals surface area contributed by atoms with Crippen molar-refractivity contribution >= 4 is 23.2 Å². The van der Waals surface area contributed by atoms with Crippen molar-refractivity contribution < 1.29 is 4.79 Å². The first kappa shape index (κ1) is 13.3. The van der Waals surface area contributed by atoms with Crippen LogP contribution in [0.1, 0.15) is 12.5 Å². The topological polar surface area (TPSA) is 56.1 Å². The number of anilines is 1. The van der Waals surface area contributed by atoms with Gasteiger partial charge in [0.15, 0.2) is 0 Å². The van der Waals surface area contributed by atoms with Crippen molar-refractivity contribution in [3.63, 3.8) is 0 Å². The second-order valence-electron chi connectivity index (χ2n) is 3.91. The van der Waals surface area contributed by atoms with Crippen LogP contribution in [0.3, 0.4) is 0 Å². The number of benzene rings is 1. The molecule has 1 amide bonds. The molecule has 0 aliphatic rings. The van der Waals surface area contributed by atoms with Crippen LogP contribution in [0.25, 0.3) is 0 Å². The van der Waals surface area contributed by atoms with E-state index in [0.717, 1.165) is 0 Å². The average Bonchev–Trinajstić information content (AvgIpc) is 2.30. The second-order valence-corrected chi connectivity index (χ2v) is 4.31. The highest BCUT2D eigenvalue weighted by molar-refractivity contribution is 6.33. The fraction of sp³-hybridized carbons (Fsp3) is 0.333. The van der Waals surface area contributed by atoms with Crippen molar-refractivity contribution in [2.24, 2.45) is 0 Å². The van der Waals surface area contributed by atoms with E-state index in [1.807, 2.05) is 6.07 Å². The zero-order chi connectivity index (χ0) is 13.0. The summed E-state index contributed by atoms with van der Waals surface area (Å²) in [5, 5.41) is 12.3. The Balaban J connectivity index is 2.88. The molecule has 1 aromatic rings. The summed E-state index contributed by atoms with van der Waals surface area (Å²) in [6.07, 6.45) is 0. The molecule has 0 radical (unpaired) electrons. The minimum absolute atomic E-state index is 0.0524. The van der Waals surface area contributed by atoms with Crippen LogP contribution < -0.4 is 5.32 Å². The van der Waals surface area contributed by atoms with E-state index in [-0.39, 0.29) is 5.91 Å². The van der Waals surface area contributed by atoms with Gasteiger partial charge in [-0.3, -0.25) is 4.79 Å². The number of nitrogens with one attached hydrogen (secondary N) is 1. The number of nitrogens with zero attached hydrogens (tertiary/aromatic N) is 2. The first-order valence-corrected chi connectivity index (χ1v) is 5.51. The number of nitriles is 1. The Bertz CT molecular complexity index is 465. The Morgan fingerprint density at radius 2 is 2.18 bits per heavy atom. The Hall–Kier alpha value is -1.73. The normalized spacial score (nSPS) is 11.5. The van der Waals surface area contributed by atoms with Gasteiger partial charge in [0.2, 0.25) is 5.91 Å². The maximum Gasteiger partial charge on any atom is 0.244 e. The number of hydrogen-bond donors (Lipinski definition) is 1. The molecule has 0 spiro atoms. The van der Waals surface area contributed by atoms with Crippen molar-refractivity contribution in [3.8, 4) is 6.07 Å². The third-order valence-corrected chi connectivity index (χ3v) is 2.61. The first-order valence-electron chi connectivity index (χ1n) is 5.13. The van der Waals surface area contributed by atoms with Gasteiger partial charge in [-0.15, -0.1) is 0 Å². The highest BCUT2D eigenvalue weighted by Crippen LogP contribution is 2.23. The van der Waals surface area contributed by atoms with Crippen LogP contribution in [-0.2, 0) is 4.79 Å². The van der Waals surface area contributed by atoms with E-state index >= 15 is 0 Å². The summed E-state index contributed by atoms with van der Waals surface area (Å²) in [6.45, 7) is 1.75. The largest absolute Gasteiger partial charge is 0.373 e. The quantitative estimate of drug-likeness (QED) is 0.895. The maximum atomic E-state index is 11.7. The molecule has 1 atom stereocenters. The molecule has 1 unspecified atom stereocenters. The Morgan fingerprint density at radius 3 is 2.71 bits per heavy atom. The standard InChI is InChI=1S/C12H14ClN3O/c1-8(12(17)16(2)3)15-11-6-9(7-14)4-5-10(11)13/h4-6,8,15H,1-3H3. The van der Waals surface area contributed by atoms with Crippen LogP contribution in [0.5, 0.6) is 0 Å². The molecule has 4 nitrogen and oxygen atoms in total. The molecule has 0 bridgehead atoms. The molecule has 0 fully saturated rings. The third kappa shape index (κ3) is 3.36. The summed E-state index contributed by atoms with van der Waals surface area (Å²) >= 11 is 5.98. The van der Waals surface area contributed by atoms with Crippen molar-refractivity contribution in [2.45, 2.75) is 13.0 Å². The zero-order valence-corrected chi connectivity index (χ0v) is 10.7. The molecule has 0 saturated carbocycles. The molecular weight excluding hydrogens is 238 g/mol. The van der Waals surface area contributed by atoms with Gasteiger partial charge in [-0.25, -0.2) is 0 Å². The molecule has 17 heavy (non-hydrogen) atoms. The molecule has 90 valence electrons. The number of carbonyl (C=O) groups is 1. The minimum Gasteiger partial charge on any atom is -0.373 e. The minimum atomic E-state index is -0.392. The van der Waals surface area contributed by atoms with E-state index in [1.54, 1.807) is 39.2 Å². The van der Waals surface area contributed by atoms with E-state index < -0.39 is 6.04 Å². The van der Waals surface area contributed by atoms with Crippen LogP contribution in [0, 0.1) is 11.3 Å². The zero-order valence-electron chi connectivity index (χ0n) is 9.99. The van der Waals surface area contributed by atoms with Crippen LogP contribution in [0.4, 0.5) is 5.69 Å². The van der Waals surface area contributed by atoms with Gasteiger partial charge in [0.05, 0.1) is 22.3 Å². The van der Waals surface area contributed by atoms with E-state index in [9.17, 15) is 4.79 Å². The van der Waals surface area contributed by atoms with E-state index in [4.69, 9.17) is 16.9 Å². The molecule has 0 saturated heterocycles. The van der Waals surface area contributed by atoms with E-state index in [1.165, 1.54) is 4.90 Å². The average molecular weight is 252 g/mol. The van der Waals surface area contributed by atoms with Crippen LogP contribution in [0.15, 0.2) is 18.2 Å². The number of carbonyl (C=O) groups excluding carboxylic acids is 1. The summed E-state index contributed by atoms with van der Waals surface area (Å²) < 4.78 is 0. The SMILES string of the molecule is CC(Nc1cc(C#N)ccc1Cl)C(=O)N(C)C. The Morgan fingerprint density at radius 1 is 1.53 bits per heavy atom. The lowest BCUT2D eigenvalue weighted by molar-refractivity contribution is -0.129. The molecule has 0 aliphatic heterocycles. The fourth-order valence-electron chi connectivity index (χ4n) is 1.39. The summed E-state index contributed by atoms with van der Waals surface area (Å²) in [5.74, 6) is -0.0524. The van der Waals surface area contributed by atoms with Gasteiger partial charge >= 0.3 is 0 Å². The predicted molar refractivity (Wildman–Crippen MR) is 67.9 cm³/mol. The lowest BCUT2D eigenvalue weighted by atomic mass is 10.2. The van der Waals surface area contributed by atoms with Gasteiger partial charge in [-0.2, -0.15) is 5.26 Å². The van der Waals surface area contributed by atoms with Crippen LogP contribution in [-0.4, -0.2) is 30.9 Å². The van der Waals surface area contributed by atoms with Gasteiger partial charge in [-0.05, 0) is 25.1 Å². The molecule has 0 aromatic heterocycles. The number of likely N-dealkylation sites (N-methyl/N-ethyl adjacent to an activating group) is 1. The maximum absolute atomic E-state index is 11.7. The van der Waals surface area contributed by atoms with Crippen LogP contribution >= 0.6 is 11.6 Å². The van der Waals surface area contributed by atoms with Crippen molar-refractivity contribution in [1.29, 1.82) is 5.26 Å². The van der Waals surface area contributed by atoms with Gasteiger partial charge in [0.1, 0.15) is 6.04 Å². The van der Waals surface area contributed by atoms with E-state index in [0.29, 0.717) is 16.3 Å². The molecule has 1 N–H and O–H groups in total. The smallest absolute Gasteiger partial charge is 0.244 e. The second kappa shape index (κ2) is 5.55. The number of hydrogen-bond acceptors (Lipinski definition) is 3. The first-order chi connectivity index (χ1) is 7.95. The van der Waals surface area contributed by atoms with E-state index in [2.05, 4.69) is 5.32 Å². The lowest BCUT2D eigenvalue weighted by Crippen LogP contribution is -2.36. The number of amides is 1. The van der Waals surface area contributed by atoms with Crippen molar-refractivity contribution in [3.05, 3.63) is 28.8 Å². The Kier molecular flexibility index (Phi) is 4.36. The third-order valence-electron chi connectivity index (χ3n) is 2.28. The number of halogens is 1. The van der Waals surface area contributed by atoms with Gasteiger partial charge in [0, 0.05) is 14.1 Å². The molecular formula is C12H14ClN3O. The van der Waals surface area contributed by atoms with Crippen LogP contribution in [0.2, 0.25) is 5.02 Å². The van der Waals surface area contributed by atoms with Gasteiger partial charge in [-0.1, -0.05) is 11.6 Å². The fourth-order valence-corrected chi connectivity index (χ4v) is 1.56. The summed E-state index contributed by atoms with van der Waals surface area (Å²) in [4.78, 5) is 13.2. The molecule has 0 heterocycles. The molecule has 1 aromatic carbocycles. The monoisotopic (exact) mass is 251 g/mol. The highest BCUT2D eigenvalue weighted by Gasteiger charge is 2.15. The van der Waals surface area contributed by atoms with Crippen molar-refractivity contribution in [1.82, 2.24) is 4.90 Å². The van der Waals surface area contributed by atoms with Crippen molar-refractivity contribution in [2.75, 3.05) is 19.4 Å². The predicted octanol–water partition coefficient (Wildman–Crippen LogP) is 2.10.